The third-order valence-corrected chi connectivity index (χ3v) is 3.37. The molecule has 1 aromatic heterocycles. The number of nitrogens with zero attached hydrogens (tertiary/aromatic N) is 3. The average Bonchev–Trinajstić information content (AvgIpc) is 2.75. The molecule has 1 aliphatic heterocycles. The summed E-state index contributed by atoms with van der Waals surface area (Å²) in [5, 5.41) is 3.97. The van der Waals surface area contributed by atoms with Crippen LogP contribution in [0.15, 0.2) is 6.20 Å². The molecular weight excluding hydrogens is 247 g/mol. The molecular formula is C10H14Cl2N4. The first kappa shape index (κ1) is 12.0. The molecule has 2 rings (SSSR count). The lowest BCUT2D eigenvalue weighted by atomic mass is 10.2. The van der Waals surface area contributed by atoms with Crippen LogP contribution in [-0.4, -0.2) is 41.0 Å². The second kappa shape index (κ2) is 5.27. The van der Waals surface area contributed by atoms with Gasteiger partial charge in [-0.25, -0.2) is 9.97 Å². The third-order valence-electron chi connectivity index (χ3n) is 2.86. The Bertz CT molecular complexity index is 366. The SMILES string of the molecule is CN(Cc1cnc(Cl)nc1Cl)[C@H]1CCNC1. The predicted molar refractivity (Wildman–Crippen MR) is 64.8 cm³/mol. The zero-order valence-electron chi connectivity index (χ0n) is 9.08. The molecule has 1 aromatic rings. The van der Waals surface area contributed by atoms with Crippen LogP contribution in [0.25, 0.3) is 0 Å². The van der Waals surface area contributed by atoms with Gasteiger partial charge < -0.3 is 5.32 Å². The van der Waals surface area contributed by atoms with Gasteiger partial charge in [0.05, 0.1) is 0 Å². The van der Waals surface area contributed by atoms with E-state index < -0.39 is 0 Å². The van der Waals surface area contributed by atoms with Gasteiger partial charge >= 0.3 is 0 Å². The minimum atomic E-state index is 0.193. The fraction of sp³-hybridized carbons (Fsp3) is 0.600. The van der Waals surface area contributed by atoms with Crippen LogP contribution in [0, 0.1) is 0 Å². The molecule has 1 atom stereocenters. The van der Waals surface area contributed by atoms with Gasteiger partial charge in [0.2, 0.25) is 5.28 Å². The van der Waals surface area contributed by atoms with Gasteiger partial charge in [-0.05, 0) is 31.6 Å². The number of nitrogens with one attached hydrogen (secondary N) is 1. The highest BCUT2D eigenvalue weighted by molar-refractivity contribution is 6.32. The summed E-state index contributed by atoms with van der Waals surface area (Å²) in [5.41, 5.74) is 0.917. The van der Waals surface area contributed by atoms with E-state index in [1.165, 1.54) is 6.42 Å². The molecule has 0 aliphatic carbocycles. The van der Waals surface area contributed by atoms with Crippen molar-refractivity contribution in [2.24, 2.45) is 0 Å². The maximum absolute atomic E-state index is 6.00. The molecule has 4 nitrogen and oxygen atoms in total. The summed E-state index contributed by atoms with van der Waals surface area (Å²) in [4.78, 5) is 10.1. The maximum Gasteiger partial charge on any atom is 0.223 e. The number of aromatic nitrogens is 2. The summed E-state index contributed by atoms with van der Waals surface area (Å²) >= 11 is 11.7. The van der Waals surface area contributed by atoms with Crippen LogP contribution in [0.1, 0.15) is 12.0 Å². The lowest BCUT2D eigenvalue weighted by Gasteiger charge is -2.23. The Hall–Kier alpha value is -0.420. The number of hydrogen-bond acceptors (Lipinski definition) is 4. The third kappa shape index (κ3) is 2.83. The highest BCUT2D eigenvalue weighted by Gasteiger charge is 2.20. The van der Waals surface area contributed by atoms with Crippen molar-refractivity contribution < 1.29 is 0 Å². The van der Waals surface area contributed by atoms with E-state index in [1.54, 1.807) is 6.20 Å². The van der Waals surface area contributed by atoms with Gasteiger partial charge in [-0.3, -0.25) is 4.90 Å². The Labute approximate surface area is 105 Å². The van der Waals surface area contributed by atoms with E-state index >= 15 is 0 Å². The van der Waals surface area contributed by atoms with Crippen molar-refractivity contribution in [2.75, 3.05) is 20.1 Å². The van der Waals surface area contributed by atoms with Crippen LogP contribution < -0.4 is 5.32 Å². The average molecular weight is 261 g/mol. The molecule has 2 heterocycles. The van der Waals surface area contributed by atoms with Gasteiger partial charge in [-0.15, -0.1) is 0 Å². The van der Waals surface area contributed by atoms with E-state index in [1.807, 2.05) is 0 Å². The Morgan fingerprint density at radius 2 is 2.38 bits per heavy atom. The summed E-state index contributed by atoms with van der Waals surface area (Å²) in [6.07, 6.45) is 2.86. The van der Waals surface area contributed by atoms with Crippen LogP contribution in [-0.2, 0) is 6.54 Å². The molecule has 1 N–H and O–H groups in total. The van der Waals surface area contributed by atoms with Gasteiger partial charge in [-0.2, -0.15) is 0 Å². The monoisotopic (exact) mass is 260 g/mol. The summed E-state index contributed by atoms with van der Waals surface area (Å²) < 4.78 is 0. The molecule has 0 unspecified atom stereocenters. The molecule has 88 valence electrons. The first-order chi connectivity index (χ1) is 7.66. The van der Waals surface area contributed by atoms with Crippen molar-refractivity contribution in [3.8, 4) is 0 Å². The van der Waals surface area contributed by atoms with Crippen molar-refractivity contribution in [2.45, 2.75) is 19.0 Å². The van der Waals surface area contributed by atoms with Crippen LogP contribution in [0.4, 0.5) is 0 Å². The molecule has 0 spiro atoms. The molecule has 16 heavy (non-hydrogen) atoms. The molecule has 0 saturated carbocycles. The van der Waals surface area contributed by atoms with Gasteiger partial charge in [0.1, 0.15) is 5.15 Å². The Balaban J connectivity index is 2.02. The largest absolute Gasteiger partial charge is 0.315 e. The van der Waals surface area contributed by atoms with Crippen molar-refractivity contribution in [1.29, 1.82) is 0 Å². The van der Waals surface area contributed by atoms with Crippen molar-refractivity contribution in [3.05, 3.63) is 22.2 Å². The molecule has 0 amide bonds. The van der Waals surface area contributed by atoms with Crippen LogP contribution >= 0.6 is 23.2 Å². The summed E-state index contributed by atoms with van der Waals surface area (Å²) in [6.45, 7) is 2.87. The maximum atomic E-state index is 6.00. The van der Waals surface area contributed by atoms with Crippen molar-refractivity contribution in [3.63, 3.8) is 0 Å². The minimum Gasteiger partial charge on any atom is -0.315 e. The molecule has 0 bridgehead atoms. The number of hydrogen-bond donors (Lipinski definition) is 1. The number of likely N-dealkylation sites (N-methyl/N-ethyl adjacent to an activating group) is 1. The second-order valence-electron chi connectivity index (χ2n) is 4.02. The Morgan fingerprint density at radius 3 is 3.00 bits per heavy atom. The Kier molecular flexibility index (Phi) is 3.97. The number of rotatable bonds is 3. The fourth-order valence-electron chi connectivity index (χ4n) is 1.89. The van der Waals surface area contributed by atoms with E-state index in [-0.39, 0.29) is 5.28 Å². The molecule has 0 radical (unpaired) electrons. The molecule has 0 aromatic carbocycles. The van der Waals surface area contributed by atoms with Gasteiger partial charge in [0.25, 0.3) is 0 Å². The second-order valence-corrected chi connectivity index (χ2v) is 4.71. The summed E-state index contributed by atoms with van der Waals surface area (Å²) in [6, 6.07) is 0.562. The van der Waals surface area contributed by atoms with Gasteiger partial charge in [0, 0.05) is 30.9 Å². The highest BCUT2D eigenvalue weighted by atomic mass is 35.5. The Morgan fingerprint density at radius 1 is 1.56 bits per heavy atom. The topological polar surface area (TPSA) is 41.1 Å². The van der Waals surface area contributed by atoms with Crippen molar-refractivity contribution in [1.82, 2.24) is 20.2 Å². The van der Waals surface area contributed by atoms with Crippen molar-refractivity contribution >= 4 is 23.2 Å². The van der Waals surface area contributed by atoms with E-state index in [2.05, 4.69) is 27.2 Å². The predicted octanol–water partition coefficient (Wildman–Crippen LogP) is 1.58. The standard InChI is InChI=1S/C10H14Cl2N4/c1-16(8-2-3-13-5-8)6-7-4-14-10(12)15-9(7)11/h4,8,13H,2-3,5-6H2,1H3/t8-/m0/s1. The number of halogens is 2. The first-order valence-corrected chi connectivity index (χ1v) is 6.00. The van der Waals surface area contributed by atoms with E-state index in [0.717, 1.165) is 25.2 Å². The molecule has 6 heteroatoms. The summed E-state index contributed by atoms with van der Waals surface area (Å²) in [7, 11) is 2.09. The highest BCUT2D eigenvalue weighted by Crippen LogP contribution is 2.17. The van der Waals surface area contributed by atoms with E-state index in [4.69, 9.17) is 23.2 Å². The van der Waals surface area contributed by atoms with Crippen LogP contribution in [0.2, 0.25) is 10.4 Å². The van der Waals surface area contributed by atoms with Gasteiger partial charge in [-0.1, -0.05) is 11.6 Å². The molecule has 1 aliphatic rings. The lowest BCUT2D eigenvalue weighted by molar-refractivity contribution is 0.248. The van der Waals surface area contributed by atoms with Gasteiger partial charge in [0.15, 0.2) is 0 Å². The molecule has 1 saturated heterocycles. The summed E-state index contributed by atoms with van der Waals surface area (Å²) in [5.74, 6) is 0. The zero-order chi connectivity index (χ0) is 11.5. The molecule has 1 fully saturated rings. The van der Waals surface area contributed by atoms with Crippen LogP contribution in [0.5, 0.6) is 0 Å². The zero-order valence-corrected chi connectivity index (χ0v) is 10.6. The first-order valence-electron chi connectivity index (χ1n) is 5.24. The minimum absolute atomic E-state index is 0.193. The quantitative estimate of drug-likeness (QED) is 0.662. The van der Waals surface area contributed by atoms with E-state index in [9.17, 15) is 0 Å². The fourth-order valence-corrected chi connectivity index (χ4v) is 2.25. The smallest absolute Gasteiger partial charge is 0.223 e. The normalized spacial score (nSPS) is 20.6. The lowest BCUT2D eigenvalue weighted by Crippen LogP contribution is -2.33. The van der Waals surface area contributed by atoms with Crippen LogP contribution in [0.3, 0.4) is 0 Å². The van der Waals surface area contributed by atoms with E-state index in [0.29, 0.717) is 11.2 Å².